The van der Waals surface area contributed by atoms with Gasteiger partial charge in [-0.1, -0.05) is 22.0 Å². The van der Waals surface area contributed by atoms with Gasteiger partial charge in [0.1, 0.15) is 0 Å². The Morgan fingerprint density at radius 1 is 1.21 bits per heavy atom. The average Bonchev–Trinajstić information content (AvgIpc) is 2.07. The second-order valence-electron chi connectivity index (χ2n) is 4.30. The number of aryl methyl sites for hydroxylation is 2. The predicted molar refractivity (Wildman–Crippen MR) is 61.4 cm³/mol. The van der Waals surface area contributed by atoms with Gasteiger partial charge < -0.3 is 5.11 Å². The van der Waals surface area contributed by atoms with E-state index in [1.165, 1.54) is 11.1 Å². The van der Waals surface area contributed by atoms with Gasteiger partial charge in [-0.2, -0.15) is 0 Å². The van der Waals surface area contributed by atoms with Gasteiger partial charge in [0.15, 0.2) is 0 Å². The first-order chi connectivity index (χ1) is 6.53. The standard InChI is InChI=1S/C12H15BrO/c1-8-7-11(13)9(2)6-10(8)12(14)4-3-5-12/h6-7,14H,3-5H2,1-2H3. The average molecular weight is 255 g/mol. The maximum atomic E-state index is 10.3. The van der Waals surface area contributed by atoms with Crippen LogP contribution in [-0.4, -0.2) is 5.11 Å². The summed E-state index contributed by atoms with van der Waals surface area (Å²) in [5.41, 5.74) is 2.97. The van der Waals surface area contributed by atoms with Gasteiger partial charge in [-0.25, -0.2) is 0 Å². The zero-order valence-electron chi connectivity index (χ0n) is 8.60. The zero-order valence-corrected chi connectivity index (χ0v) is 10.2. The minimum absolute atomic E-state index is 0.532. The van der Waals surface area contributed by atoms with Crippen LogP contribution in [0.25, 0.3) is 0 Å². The molecule has 0 aliphatic heterocycles. The van der Waals surface area contributed by atoms with Crippen molar-refractivity contribution in [2.75, 3.05) is 0 Å². The van der Waals surface area contributed by atoms with Crippen molar-refractivity contribution in [1.29, 1.82) is 0 Å². The summed E-state index contributed by atoms with van der Waals surface area (Å²) in [7, 11) is 0. The second-order valence-corrected chi connectivity index (χ2v) is 5.16. The molecule has 0 unspecified atom stereocenters. The summed E-state index contributed by atoms with van der Waals surface area (Å²) in [5.74, 6) is 0. The van der Waals surface area contributed by atoms with E-state index in [1.807, 2.05) is 0 Å². The Bertz CT molecular complexity index is 367. The zero-order chi connectivity index (χ0) is 10.3. The van der Waals surface area contributed by atoms with E-state index in [0.717, 1.165) is 29.3 Å². The highest BCUT2D eigenvalue weighted by atomic mass is 79.9. The Hall–Kier alpha value is -0.340. The van der Waals surface area contributed by atoms with Crippen LogP contribution < -0.4 is 0 Å². The van der Waals surface area contributed by atoms with E-state index in [-0.39, 0.29) is 0 Å². The van der Waals surface area contributed by atoms with Gasteiger partial charge in [0.2, 0.25) is 0 Å². The van der Waals surface area contributed by atoms with Crippen LogP contribution in [0.4, 0.5) is 0 Å². The number of hydrogen-bond donors (Lipinski definition) is 1. The van der Waals surface area contributed by atoms with Crippen molar-refractivity contribution >= 4 is 15.9 Å². The minimum Gasteiger partial charge on any atom is -0.385 e. The molecular weight excluding hydrogens is 240 g/mol. The van der Waals surface area contributed by atoms with Crippen LogP contribution in [-0.2, 0) is 5.60 Å². The van der Waals surface area contributed by atoms with Gasteiger partial charge >= 0.3 is 0 Å². The molecule has 1 aliphatic carbocycles. The molecule has 1 aromatic carbocycles. The highest BCUT2D eigenvalue weighted by Crippen LogP contribution is 2.43. The van der Waals surface area contributed by atoms with Gasteiger partial charge in [0.25, 0.3) is 0 Å². The third kappa shape index (κ3) is 1.51. The molecule has 2 heteroatoms. The molecule has 0 atom stereocenters. The van der Waals surface area contributed by atoms with Crippen LogP contribution in [0, 0.1) is 13.8 Å². The molecule has 0 spiro atoms. The lowest BCUT2D eigenvalue weighted by Crippen LogP contribution is -2.34. The Kier molecular flexibility index (Phi) is 2.44. The summed E-state index contributed by atoms with van der Waals surface area (Å²) in [6.45, 7) is 4.13. The fourth-order valence-corrected chi connectivity index (χ4v) is 2.52. The third-order valence-corrected chi connectivity index (χ3v) is 4.04. The number of rotatable bonds is 1. The van der Waals surface area contributed by atoms with E-state index in [1.54, 1.807) is 0 Å². The molecule has 0 bridgehead atoms. The summed E-state index contributed by atoms with van der Waals surface area (Å²) < 4.78 is 1.13. The fourth-order valence-electron chi connectivity index (χ4n) is 2.06. The van der Waals surface area contributed by atoms with Crippen LogP contribution in [0.15, 0.2) is 16.6 Å². The SMILES string of the molecule is Cc1cc(C2(O)CCC2)c(C)cc1Br. The lowest BCUT2D eigenvalue weighted by Gasteiger charge is -2.38. The van der Waals surface area contributed by atoms with Crippen molar-refractivity contribution in [3.8, 4) is 0 Å². The van der Waals surface area contributed by atoms with Crippen LogP contribution in [0.1, 0.15) is 36.0 Å². The van der Waals surface area contributed by atoms with Crippen molar-refractivity contribution in [2.45, 2.75) is 38.7 Å². The largest absolute Gasteiger partial charge is 0.385 e. The third-order valence-electron chi connectivity index (χ3n) is 3.19. The van der Waals surface area contributed by atoms with E-state index in [9.17, 15) is 5.11 Å². The predicted octanol–water partition coefficient (Wildman–Crippen LogP) is 3.44. The number of aliphatic hydroxyl groups is 1. The minimum atomic E-state index is -0.532. The van der Waals surface area contributed by atoms with Crippen LogP contribution in [0.3, 0.4) is 0 Å². The summed E-state index contributed by atoms with van der Waals surface area (Å²) in [6.07, 6.45) is 2.97. The smallest absolute Gasteiger partial charge is 0.0899 e. The molecule has 14 heavy (non-hydrogen) atoms. The lowest BCUT2D eigenvalue weighted by molar-refractivity contribution is -0.0393. The molecule has 2 rings (SSSR count). The van der Waals surface area contributed by atoms with Gasteiger partial charge in [-0.05, 0) is 55.9 Å². The maximum Gasteiger partial charge on any atom is 0.0899 e. The van der Waals surface area contributed by atoms with Crippen molar-refractivity contribution < 1.29 is 5.11 Å². The van der Waals surface area contributed by atoms with Gasteiger partial charge in [0.05, 0.1) is 5.60 Å². The molecular formula is C12H15BrO. The van der Waals surface area contributed by atoms with Crippen molar-refractivity contribution in [3.63, 3.8) is 0 Å². The number of benzene rings is 1. The van der Waals surface area contributed by atoms with E-state index >= 15 is 0 Å². The van der Waals surface area contributed by atoms with Crippen molar-refractivity contribution in [3.05, 3.63) is 33.3 Å². The fraction of sp³-hybridized carbons (Fsp3) is 0.500. The molecule has 0 aromatic heterocycles. The Morgan fingerprint density at radius 3 is 2.36 bits per heavy atom. The maximum absolute atomic E-state index is 10.3. The molecule has 1 nitrogen and oxygen atoms in total. The number of hydrogen-bond acceptors (Lipinski definition) is 1. The van der Waals surface area contributed by atoms with Crippen molar-refractivity contribution in [2.24, 2.45) is 0 Å². The quantitative estimate of drug-likeness (QED) is 0.815. The Morgan fingerprint density at radius 2 is 1.86 bits per heavy atom. The van der Waals surface area contributed by atoms with Crippen LogP contribution in [0.2, 0.25) is 0 Å². The molecule has 1 aromatic rings. The lowest BCUT2D eigenvalue weighted by atomic mass is 9.73. The van der Waals surface area contributed by atoms with Gasteiger partial charge in [-0.3, -0.25) is 0 Å². The number of halogens is 1. The van der Waals surface area contributed by atoms with E-state index in [2.05, 4.69) is 41.9 Å². The normalized spacial score (nSPS) is 19.1. The molecule has 76 valence electrons. The van der Waals surface area contributed by atoms with E-state index in [0.29, 0.717) is 0 Å². The summed E-state index contributed by atoms with van der Waals surface area (Å²) in [6, 6.07) is 4.21. The first kappa shape index (κ1) is 10.2. The van der Waals surface area contributed by atoms with Crippen LogP contribution >= 0.6 is 15.9 Å². The Labute approximate surface area is 93.3 Å². The molecule has 0 saturated heterocycles. The highest BCUT2D eigenvalue weighted by Gasteiger charge is 2.37. The van der Waals surface area contributed by atoms with E-state index < -0.39 is 5.60 Å². The monoisotopic (exact) mass is 254 g/mol. The first-order valence-electron chi connectivity index (χ1n) is 5.02. The second kappa shape index (κ2) is 3.35. The van der Waals surface area contributed by atoms with Gasteiger partial charge in [-0.15, -0.1) is 0 Å². The topological polar surface area (TPSA) is 20.2 Å². The molecule has 1 saturated carbocycles. The first-order valence-corrected chi connectivity index (χ1v) is 5.82. The summed E-state index contributed by atoms with van der Waals surface area (Å²) in [5, 5.41) is 10.3. The Balaban J connectivity index is 2.48. The van der Waals surface area contributed by atoms with Crippen LogP contribution in [0.5, 0.6) is 0 Å². The van der Waals surface area contributed by atoms with E-state index in [4.69, 9.17) is 0 Å². The molecule has 1 fully saturated rings. The highest BCUT2D eigenvalue weighted by molar-refractivity contribution is 9.10. The summed E-state index contributed by atoms with van der Waals surface area (Å²) in [4.78, 5) is 0. The van der Waals surface area contributed by atoms with Gasteiger partial charge in [0, 0.05) is 4.47 Å². The molecule has 1 aliphatic rings. The van der Waals surface area contributed by atoms with Crippen molar-refractivity contribution in [1.82, 2.24) is 0 Å². The summed E-state index contributed by atoms with van der Waals surface area (Å²) >= 11 is 3.51. The molecule has 0 radical (unpaired) electrons. The molecule has 0 heterocycles. The molecule has 0 amide bonds. The molecule has 1 N–H and O–H groups in total.